The third kappa shape index (κ3) is 3.89. The predicted octanol–water partition coefficient (Wildman–Crippen LogP) is 1.79. The van der Waals surface area contributed by atoms with Crippen molar-refractivity contribution in [1.82, 2.24) is 24.8 Å². The van der Waals surface area contributed by atoms with Gasteiger partial charge in [-0.3, -0.25) is 9.36 Å². The molecule has 10 heteroatoms. The Bertz CT molecular complexity index is 1060. The number of aliphatic hydroxyl groups excluding tert-OH is 1. The molecule has 1 aromatic carbocycles. The molecule has 0 saturated carbocycles. The summed E-state index contributed by atoms with van der Waals surface area (Å²) in [4.78, 5) is 24.8. The minimum Gasteiger partial charge on any atom is -0.388 e. The molecule has 1 saturated heterocycles. The first kappa shape index (κ1) is 19.6. The number of rotatable bonds is 5. The zero-order chi connectivity index (χ0) is 20.5. The van der Waals surface area contributed by atoms with E-state index in [4.69, 9.17) is 16.3 Å². The third-order valence-corrected chi connectivity index (χ3v) is 5.01. The van der Waals surface area contributed by atoms with E-state index < -0.39 is 18.4 Å². The van der Waals surface area contributed by atoms with Gasteiger partial charge in [0.2, 0.25) is 11.2 Å². The molecule has 29 heavy (non-hydrogen) atoms. The molecule has 2 aromatic heterocycles. The molecule has 1 aliphatic heterocycles. The van der Waals surface area contributed by atoms with Gasteiger partial charge in [0.05, 0.1) is 6.33 Å². The predicted molar refractivity (Wildman–Crippen MR) is 107 cm³/mol. The molecule has 3 N–H and O–H groups in total. The van der Waals surface area contributed by atoms with Crippen LogP contribution in [0.15, 0.2) is 30.6 Å². The molecular weight excluding hydrogens is 396 g/mol. The molecule has 3 aromatic rings. The van der Waals surface area contributed by atoms with Gasteiger partial charge in [-0.05, 0) is 24.1 Å². The van der Waals surface area contributed by atoms with Crippen LogP contribution in [0, 0.1) is 6.92 Å². The minimum absolute atomic E-state index is 0.0429. The summed E-state index contributed by atoms with van der Waals surface area (Å²) in [5.41, 5.74) is 3.17. The Hall–Kier alpha value is -2.75. The average molecular weight is 417 g/mol. The fraction of sp³-hybridized carbons (Fsp3) is 0.368. The largest absolute Gasteiger partial charge is 0.388 e. The fourth-order valence-electron chi connectivity index (χ4n) is 3.44. The highest BCUT2D eigenvalue weighted by molar-refractivity contribution is 6.28. The van der Waals surface area contributed by atoms with Crippen LogP contribution in [0.2, 0.25) is 5.28 Å². The quantitative estimate of drug-likeness (QED) is 0.543. The lowest BCUT2D eigenvalue weighted by atomic mass is 10.1. The second kappa shape index (κ2) is 7.94. The van der Waals surface area contributed by atoms with Gasteiger partial charge in [-0.1, -0.05) is 29.8 Å². The van der Waals surface area contributed by atoms with Crippen LogP contribution >= 0.6 is 11.6 Å². The number of aromatic nitrogens is 4. The van der Waals surface area contributed by atoms with E-state index in [9.17, 15) is 9.90 Å². The van der Waals surface area contributed by atoms with E-state index in [2.05, 4.69) is 31.7 Å². The highest BCUT2D eigenvalue weighted by Gasteiger charge is 2.39. The zero-order valence-corrected chi connectivity index (χ0v) is 16.7. The van der Waals surface area contributed by atoms with E-state index in [0.717, 1.165) is 11.1 Å². The monoisotopic (exact) mass is 416 g/mol. The Morgan fingerprint density at radius 2 is 2.24 bits per heavy atom. The van der Waals surface area contributed by atoms with Crippen molar-refractivity contribution in [2.24, 2.45) is 0 Å². The topological polar surface area (TPSA) is 114 Å². The molecule has 1 aliphatic rings. The lowest BCUT2D eigenvalue weighted by molar-refractivity contribution is -0.134. The van der Waals surface area contributed by atoms with Crippen LogP contribution < -0.4 is 10.6 Å². The van der Waals surface area contributed by atoms with Crippen LogP contribution in [-0.4, -0.2) is 49.8 Å². The second-order valence-electron chi connectivity index (χ2n) is 6.94. The Labute approximate surface area is 172 Å². The van der Waals surface area contributed by atoms with Crippen molar-refractivity contribution < 1.29 is 14.6 Å². The number of ether oxygens (including phenoxy) is 1. The van der Waals surface area contributed by atoms with Crippen LogP contribution in [0.5, 0.6) is 0 Å². The lowest BCUT2D eigenvalue weighted by Gasteiger charge is -2.16. The molecule has 0 unspecified atom stereocenters. The number of carbonyl (C=O) groups excluding carboxylic acids is 1. The van der Waals surface area contributed by atoms with Crippen LogP contribution in [0.4, 0.5) is 5.82 Å². The van der Waals surface area contributed by atoms with Gasteiger partial charge >= 0.3 is 0 Å². The van der Waals surface area contributed by atoms with Gasteiger partial charge in [-0.15, -0.1) is 0 Å². The summed E-state index contributed by atoms with van der Waals surface area (Å²) in [6.07, 6.45) is -0.728. The normalized spacial score (nSPS) is 21.4. The van der Waals surface area contributed by atoms with Crippen molar-refractivity contribution >= 4 is 34.5 Å². The summed E-state index contributed by atoms with van der Waals surface area (Å²) in [6, 6.07) is 8.11. The number of aryl methyl sites for hydroxylation is 1. The number of benzene rings is 1. The van der Waals surface area contributed by atoms with Gasteiger partial charge in [0.1, 0.15) is 12.2 Å². The molecule has 9 nitrogen and oxygen atoms in total. The molecule has 0 bridgehead atoms. The van der Waals surface area contributed by atoms with Crippen LogP contribution in [0.1, 0.15) is 23.8 Å². The number of fused-ring (bicyclic) bond motifs is 1. The van der Waals surface area contributed by atoms with Gasteiger partial charge in [0.25, 0.3) is 0 Å². The Balaban J connectivity index is 1.62. The number of likely N-dealkylation sites (N-methyl/N-ethyl adjacent to an activating group) is 1. The number of amides is 1. The highest BCUT2D eigenvalue weighted by Crippen LogP contribution is 2.32. The number of anilines is 1. The van der Waals surface area contributed by atoms with Crippen molar-refractivity contribution in [2.45, 2.75) is 38.3 Å². The van der Waals surface area contributed by atoms with E-state index in [1.54, 1.807) is 4.57 Å². The maximum absolute atomic E-state index is 11.9. The van der Waals surface area contributed by atoms with E-state index >= 15 is 0 Å². The van der Waals surface area contributed by atoms with E-state index in [-0.39, 0.29) is 17.6 Å². The third-order valence-electron chi connectivity index (χ3n) is 4.84. The maximum Gasteiger partial charge on any atom is 0.249 e. The van der Waals surface area contributed by atoms with Gasteiger partial charge < -0.3 is 20.5 Å². The number of nitrogens with zero attached hydrogens (tertiary/aromatic N) is 4. The summed E-state index contributed by atoms with van der Waals surface area (Å²) in [6.45, 7) is 2.57. The van der Waals surface area contributed by atoms with Gasteiger partial charge in [0, 0.05) is 20.0 Å². The van der Waals surface area contributed by atoms with Crippen LogP contribution in [0.25, 0.3) is 11.2 Å². The Morgan fingerprint density at radius 1 is 1.41 bits per heavy atom. The summed E-state index contributed by atoms with van der Waals surface area (Å²) in [5, 5.41) is 16.2. The summed E-state index contributed by atoms with van der Waals surface area (Å²) >= 11 is 6.13. The molecule has 3 heterocycles. The minimum atomic E-state index is -0.882. The number of halogens is 1. The van der Waals surface area contributed by atoms with Gasteiger partial charge in [-0.25, -0.2) is 4.98 Å². The van der Waals surface area contributed by atoms with Crippen molar-refractivity contribution in [3.05, 3.63) is 47.0 Å². The van der Waals surface area contributed by atoms with Crippen molar-refractivity contribution in [2.75, 3.05) is 12.4 Å². The summed E-state index contributed by atoms with van der Waals surface area (Å²) < 4.78 is 7.32. The molecule has 4 rings (SSSR count). The number of nitrogens with one attached hydrogen (secondary N) is 2. The smallest absolute Gasteiger partial charge is 0.249 e. The van der Waals surface area contributed by atoms with Crippen LogP contribution in [-0.2, 0) is 16.1 Å². The maximum atomic E-state index is 11.9. The number of hydrogen-bond acceptors (Lipinski definition) is 7. The molecule has 0 aliphatic carbocycles. The highest BCUT2D eigenvalue weighted by atomic mass is 35.5. The first-order valence-electron chi connectivity index (χ1n) is 9.21. The van der Waals surface area contributed by atoms with Gasteiger partial charge in [-0.2, -0.15) is 9.97 Å². The van der Waals surface area contributed by atoms with Crippen LogP contribution in [0.3, 0.4) is 0 Å². The standard InChI is InChI=1S/C19H21ClN6O3/c1-10-4-3-5-11(6-10)8-22-15-14-16(25-19(20)24-15)26(9-23-14)18-12(27)7-13(29-18)17(28)21-2/h3-6,9,12-13,18,27H,7-8H2,1-2H3,(H,21,28)(H,22,24,25)/t12-,13+,18-/m1/s1. The number of hydrogen-bond donors (Lipinski definition) is 3. The lowest BCUT2D eigenvalue weighted by Crippen LogP contribution is -2.31. The molecule has 1 amide bonds. The number of imidazole rings is 1. The summed E-state index contributed by atoms with van der Waals surface area (Å²) in [5.74, 6) is 0.194. The van der Waals surface area contributed by atoms with E-state index in [1.807, 2.05) is 25.1 Å². The average Bonchev–Trinajstić information content (AvgIpc) is 3.28. The van der Waals surface area contributed by atoms with Crippen molar-refractivity contribution in [3.8, 4) is 0 Å². The van der Waals surface area contributed by atoms with Gasteiger partial charge in [0.15, 0.2) is 23.2 Å². The summed E-state index contributed by atoms with van der Waals surface area (Å²) in [7, 11) is 1.52. The molecular formula is C19H21ClN6O3. The molecule has 0 spiro atoms. The van der Waals surface area contributed by atoms with E-state index in [0.29, 0.717) is 23.5 Å². The SMILES string of the molecule is CNC(=O)[C@@H]1C[C@@H](O)[C@H](n2cnc3c(NCc4cccc(C)c4)nc(Cl)nc32)O1. The molecule has 0 radical (unpaired) electrons. The number of aliphatic hydroxyl groups is 1. The van der Waals surface area contributed by atoms with Crippen molar-refractivity contribution in [3.63, 3.8) is 0 Å². The molecule has 152 valence electrons. The first-order chi connectivity index (χ1) is 14.0. The van der Waals surface area contributed by atoms with E-state index in [1.165, 1.54) is 13.4 Å². The molecule has 1 fully saturated rings. The van der Waals surface area contributed by atoms with Crippen molar-refractivity contribution in [1.29, 1.82) is 0 Å². The Morgan fingerprint density at radius 3 is 3.00 bits per heavy atom. The number of carbonyl (C=O) groups is 1. The zero-order valence-electron chi connectivity index (χ0n) is 16.0. The fourth-order valence-corrected chi connectivity index (χ4v) is 3.60. The first-order valence-corrected chi connectivity index (χ1v) is 9.58. The Kier molecular flexibility index (Phi) is 5.35. The second-order valence-corrected chi connectivity index (χ2v) is 7.28. The molecule has 3 atom stereocenters.